The quantitative estimate of drug-likeness (QED) is 0.900. The molecule has 1 aliphatic heterocycles. The van der Waals surface area contributed by atoms with Crippen molar-refractivity contribution in [3.63, 3.8) is 0 Å². The van der Waals surface area contributed by atoms with Gasteiger partial charge in [-0.1, -0.05) is 11.6 Å². The number of halogens is 1. The number of likely N-dealkylation sites (N-methyl/N-ethyl adjacent to an activating group) is 2. The van der Waals surface area contributed by atoms with Gasteiger partial charge in [-0.3, -0.25) is 9.59 Å². The first-order valence-electron chi connectivity index (χ1n) is 5.85. The maximum Gasteiger partial charge on any atom is 0.305 e. The van der Waals surface area contributed by atoms with E-state index in [1.54, 1.807) is 25.1 Å². The Morgan fingerprint density at radius 2 is 2.05 bits per heavy atom. The highest BCUT2D eigenvalue weighted by Gasteiger charge is 2.37. The largest absolute Gasteiger partial charge is 0.481 e. The fraction of sp³-hybridized carbons (Fsp3) is 0.385. The summed E-state index contributed by atoms with van der Waals surface area (Å²) in [6.45, 7) is 1.91. The van der Waals surface area contributed by atoms with Gasteiger partial charge >= 0.3 is 5.97 Å². The normalized spacial score (nSPS) is 18.5. The molecule has 1 aromatic carbocycles. The molecule has 6 heteroatoms. The summed E-state index contributed by atoms with van der Waals surface area (Å²) in [5.41, 5.74) is 2.37. The first-order chi connectivity index (χ1) is 8.82. The Morgan fingerprint density at radius 3 is 2.63 bits per heavy atom. The number of carboxylic acids is 1. The first kappa shape index (κ1) is 13.7. The van der Waals surface area contributed by atoms with E-state index in [-0.39, 0.29) is 12.3 Å². The zero-order valence-electron chi connectivity index (χ0n) is 11.0. The molecule has 1 aromatic rings. The van der Waals surface area contributed by atoms with Crippen molar-refractivity contribution in [2.24, 2.45) is 0 Å². The van der Waals surface area contributed by atoms with Gasteiger partial charge in [0, 0.05) is 14.1 Å². The van der Waals surface area contributed by atoms with E-state index in [4.69, 9.17) is 16.7 Å². The van der Waals surface area contributed by atoms with E-state index < -0.39 is 12.0 Å². The van der Waals surface area contributed by atoms with Crippen LogP contribution in [-0.2, 0) is 9.59 Å². The summed E-state index contributed by atoms with van der Waals surface area (Å²) in [6.07, 6.45) is -0.231. The SMILES string of the molecule is Cc1cc(Cl)c2c(c1)N(C)C(CC(=O)O)C(=O)N2C. The van der Waals surface area contributed by atoms with Crippen molar-refractivity contribution < 1.29 is 14.7 Å². The Balaban J connectivity index is 2.55. The highest BCUT2D eigenvalue weighted by atomic mass is 35.5. The summed E-state index contributed by atoms with van der Waals surface area (Å²) in [6, 6.07) is 2.99. The van der Waals surface area contributed by atoms with Gasteiger partial charge in [-0.2, -0.15) is 0 Å². The van der Waals surface area contributed by atoms with Crippen molar-refractivity contribution in [2.75, 3.05) is 23.9 Å². The fourth-order valence-corrected chi connectivity index (χ4v) is 2.77. The number of carbonyl (C=O) groups is 2. The van der Waals surface area contributed by atoms with Crippen LogP contribution in [0.15, 0.2) is 12.1 Å². The molecule has 2 rings (SSSR count). The standard InChI is InChI=1S/C13H15ClN2O3/c1-7-4-8(14)12-9(5-7)15(2)10(6-11(17)18)13(19)16(12)3/h4-5,10H,6H2,1-3H3,(H,17,18). The van der Waals surface area contributed by atoms with E-state index in [2.05, 4.69) is 0 Å². The lowest BCUT2D eigenvalue weighted by molar-refractivity contribution is -0.139. The highest BCUT2D eigenvalue weighted by molar-refractivity contribution is 6.35. The minimum absolute atomic E-state index is 0.231. The van der Waals surface area contributed by atoms with Gasteiger partial charge in [-0.15, -0.1) is 0 Å². The van der Waals surface area contributed by atoms with E-state index >= 15 is 0 Å². The smallest absolute Gasteiger partial charge is 0.305 e. The van der Waals surface area contributed by atoms with Crippen molar-refractivity contribution in [3.05, 3.63) is 22.7 Å². The maximum absolute atomic E-state index is 12.2. The average molecular weight is 283 g/mol. The van der Waals surface area contributed by atoms with E-state index in [0.717, 1.165) is 11.3 Å². The van der Waals surface area contributed by atoms with Crippen LogP contribution in [-0.4, -0.2) is 37.1 Å². The third-order valence-corrected chi connectivity index (χ3v) is 3.64. The van der Waals surface area contributed by atoms with E-state index in [0.29, 0.717) is 10.7 Å². The molecule has 0 aromatic heterocycles. The van der Waals surface area contributed by atoms with Gasteiger partial charge < -0.3 is 14.9 Å². The molecule has 1 heterocycles. The minimum Gasteiger partial charge on any atom is -0.481 e. The van der Waals surface area contributed by atoms with Gasteiger partial charge in [-0.05, 0) is 24.6 Å². The molecule has 1 N–H and O–H groups in total. The van der Waals surface area contributed by atoms with Crippen LogP contribution in [0.2, 0.25) is 5.02 Å². The molecule has 19 heavy (non-hydrogen) atoms. The lowest BCUT2D eigenvalue weighted by Crippen LogP contribution is -2.51. The van der Waals surface area contributed by atoms with Crippen LogP contribution in [0.25, 0.3) is 0 Å². The molecule has 0 saturated carbocycles. The number of carbonyl (C=O) groups excluding carboxylic acids is 1. The number of hydrogen-bond acceptors (Lipinski definition) is 3. The summed E-state index contributed by atoms with van der Waals surface area (Å²) in [5.74, 6) is -1.26. The summed E-state index contributed by atoms with van der Waals surface area (Å²) >= 11 is 6.19. The van der Waals surface area contributed by atoms with Crippen LogP contribution in [0, 0.1) is 6.92 Å². The van der Waals surface area contributed by atoms with Crippen molar-refractivity contribution in [2.45, 2.75) is 19.4 Å². The molecule has 1 atom stereocenters. The van der Waals surface area contributed by atoms with E-state index in [1.165, 1.54) is 4.90 Å². The van der Waals surface area contributed by atoms with Gasteiger partial charge in [0.25, 0.3) is 0 Å². The monoisotopic (exact) mass is 282 g/mol. The summed E-state index contributed by atoms with van der Waals surface area (Å²) in [7, 11) is 3.33. The van der Waals surface area contributed by atoms with E-state index in [1.807, 2.05) is 13.0 Å². The molecule has 0 radical (unpaired) electrons. The van der Waals surface area contributed by atoms with Crippen LogP contribution < -0.4 is 9.80 Å². The molecule has 102 valence electrons. The number of nitrogens with zero attached hydrogens (tertiary/aromatic N) is 2. The molecule has 1 unspecified atom stereocenters. The predicted octanol–water partition coefficient (Wildman–Crippen LogP) is 1.90. The molecule has 0 bridgehead atoms. The third-order valence-electron chi connectivity index (χ3n) is 3.35. The van der Waals surface area contributed by atoms with Crippen LogP contribution in [0.3, 0.4) is 0 Å². The number of aliphatic carboxylic acids is 1. The second kappa shape index (κ2) is 4.74. The van der Waals surface area contributed by atoms with Crippen molar-refractivity contribution in [1.82, 2.24) is 0 Å². The second-order valence-electron chi connectivity index (χ2n) is 4.74. The zero-order chi connectivity index (χ0) is 14.3. The Morgan fingerprint density at radius 1 is 1.42 bits per heavy atom. The number of hydrogen-bond donors (Lipinski definition) is 1. The third kappa shape index (κ3) is 2.26. The van der Waals surface area contributed by atoms with Gasteiger partial charge in [0.2, 0.25) is 5.91 Å². The summed E-state index contributed by atoms with van der Waals surface area (Å²) < 4.78 is 0. The van der Waals surface area contributed by atoms with Gasteiger partial charge in [0.05, 0.1) is 22.8 Å². The lowest BCUT2D eigenvalue weighted by atomic mass is 10.0. The molecule has 1 amide bonds. The van der Waals surface area contributed by atoms with Gasteiger partial charge in [-0.25, -0.2) is 0 Å². The molecule has 1 aliphatic rings. The Hall–Kier alpha value is -1.75. The average Bonchev–Trinajstić information content (AvgIpc) is 2.30. The molecular weight excluding hydrogens is 268 g/mol. The van der Waals surface area contributed by atoms with Crippen molar-refractivity contribution in [1.29, 1.82) is 0 Å². The van der Waals surface area contributed by atoms with Crippen LogP contribution in [0.1, 0.15) is 12.0 Å². The highest BCUT2D eigenvalue weighted by Crippen LogP contribution is 2.41. The zero-order valence-corrected chi connectivity index (χ0v) is 11.7. The predicted molar refractivity (Wildman–Crippen MR) is 74.0 cm³/mol. The second-order valence-corrected chi connectivity index (χ2v) is 5.14. The summed E-state index contributed by atoms with van der Waals surface area (Å²) in [5, 5.41) is 9.41. The molecule has 0 saturated heterocycles. The van der Waals surface area contributed by atoms with Crippen molar-refractivity contribution in [3.8, 4) is 0 Å². The Kier molecular flexibility index (Phi) is 3.41. The number of anilines is 2. The topological polar surface area (TPSA) is 60.9 Å². The van der Waals surface area contributed by atoms with Gasteiger partial charge in [0.1, 0.15) is 6.04 Å². The van der Waals surface area contributed by atoms with Gasteiger partial charge in [0.15, 0.2) is 0 Å². The maximum atomic E-state index is 12.2. The first-order valence-corrected chi connectivity index (χ1v) is 6.23. The van der Waals surface area contributed by atoms with Crippen LogP contribution >= 0.6 is 11.6 Å². The van der Waals surface area contributed by atoms with Crippen LogP contribution in [0.5, 0.6) is 0 Å². The lowest BCUT2D eigenvalue weighted by Gasteiger charge is -2.39. The van der Waals surface area contributed by atoms with E-state index in [9.17, 15) is 9.59 Å². The Bertz CT molecular complexity index is 559. The fourth-order valence-electron chi connectivity index (χ4n) is 2.37. The number of rotatable bonds is 2. The molecule has 0 aliphatic carbocycles. The molecule has 0 spiro atoms. The minimum atomic E-state index is -0.999. The number of fused-ring (bicyclic) bond motifs is 1. The molecular formula is C13H15ClN2O3. The van der Waals surface area contributed by atoms with Crippen LogP contribution in [0.4, 0.5) is 11.4 Å². The number of aryl methyl sites for hydroxylation is 1. The summed E-state index contributed by atoms with van der Waals surface area (Å²) in [4.78, 5) is 26.2. The number of amides is 1. The van der Waals surface area contributed by atoms with Crippen molar-refractivity contribution >= 4 is 34.9 Å². The molecule has 5 nitrogen and oxygen atoms in total. The number of carboxylic acid groups (broad SMARTS) is 1. The Labute approximate surface area is 116 Å². The number of benzene rings is 1. The molecule has 0 fully saturated rings.